The highest BCUT2D eigenvalue weighted by Crippen LogP contribution is 2.21. The standard InChI is InChI=1S/C20H24N4O3/c1-13(2)19-21-20(22-27-19)24-8-6-23(7-9-24)12-15-4-5-16-14(3)10-18(25)26-17(16)11-15/h4-5,10-11,13H,6-9,12H2,1-3H3. The molecule has 0 radical (unpaired) electrons. The van der Waals surface area contributed by atoms with Crippen LogP contribution in [-0.4, -0.2) is 41.2 Å². The lowest BCUT2D eigenvalue weighted by Crippen LogP contribution is -2.46. The Labute approximate surface area is 157 Å². The predicted molar refractivity (Wildman–Crippen MR) is 103 cm³/mol. The summed E-state index contributed by atoms with van der Waals surface area (Å²) in [6, 6.07) is 7.65. The van der Waals surface area contributed by atoms with Gasteiger partial charge < -0.3 is 13.8 Å². The lowest BCUT2D eigenvalue weighted by Gasteiger charge is -2.33. The largest absolute Gasteiger partial charge is 0.423 e. The van der Waals surface area contributed by atoms with Gasteiger partial charge >= 0.3 is 5.63 Å². The van der Waals surface area contributed by atoms with Crippen LogP contribution < -0.4 is 10.5 Å². The number of aryl methyl sites for hydroxylation is 1. The van der Waals surface area contributed by atoms with Gasteiger partial charge in [0.05, 0.1) is 0 Å². The molecule has 2 aromatic heterocycles. The predicted octanol–water partition coefficient (Wildman–Crippen LogP) is 2.93. The van der Waals surface area contributed by atoms with Crippen molar-refractivity contribution in [3.63, 3.8) is 0 Å². The number of fused-ring (bicyclic) bond motifs is 1. The second-order valence-corrected chi connectivity index (χ2v) is 7.43. The molecule has 0 aliphatic carbocycles. The molecule has 3 aromatic rings. The van der Waals surface area contributed by atoms with Crippen LogP contribution in [0.25, 0.3) is 11.0 Å². The van der Waals surface area contributed by atoms with E-state index in [1.807, 2.05) is 32.9 Å². The number of anilines is 1. The normalized spacial score (nSPS) is 15.8. The van der Waals surface area contributed by atoms with E-state index in [0.717, 1.165) is 49.2 Å². The van der Waals surface area contributed by atoms with E-state index in [-0.39, 0.29) is 11.5 Å². The van der Waals surface area contributed by atoms with Gasteiger partial charge in [-0.2, -0.15) is 4.98 Å². The van der Waals surface area contributed by atoms with Crippen LogP contribution in [0.5, 0.6) is 0 Å². The highest BCUT2D eigenvalue weighted by atomic mass is 16.5. The van der Waals surface area contributed by atoms with Crippen molar-refractivity contribution in [2.75, 3.05) is 31.1 Å². The van der Waals surface area contributed by atoms with E-state index >= 15 is 0 Å². The summed E-state index contributed by atoms with van der Waals surface area (Å²) in [7, 11) is 0. The first-order valence-corrected chi connectivity index (χ1v) is 9.34. The summed E-state index contributed by atoms with van der Waals surface area (Å²) in [4.78, 5) is 20.6. The van der Waals surface area contributed by atoms with E-state index < -0.39 is 0 Å². The van der Waals surface area contributed by atoms with Crippen LogP contribution in [-0.2, 0) is 6.54 Å². The van der Waals surface area contributed by atoms with Gasteiger partial charge in [-0.05, 0) is 29.3 Å². The van der Waals surface area contributed by atoms with Crippen LogP contribution >= 0.6 is 0 Å². The third-order valence-corrected chi connectivity index (χ3v) is 5.00. The van der Waals surface area contributed by atoms with Crippen molar-refractivity contribution in [2.24, 2.45) is 0 Å². The Balaban J connectivity index is 1.41. The zero-order valence-corrected chi connectivity index (χ0v) is 15.9. The van der Waals surface area contributed by atoms with Crippen molar-refractivity contribution < 1.29 is 8.94 Å². The van der Waals surface area contributed by atoms with Crippen molar-refractivity contribution in [1.29, 1.82) is 0 Å². The van der Waals surface area contributed by atoms with E-state index in [2.05, 4.69) is 26.0 Å². The zero-order chi connectivity index (χ0) is 19.0. The van der Waals surface area contributed by atoms with Crippen molar-refractivity contribution in [1.82, 2.24) is 15.0 Å². The first-order chi connectivity index (χ1) is 13.0. The van der Waals surface area contributed by atoms with Crippen molar-refractivity contribution in [2.45, 2.75) is 33.2 Å². The van der Waals surface area contributed by atoms with Crippen LogP contribution in [0.15, 0.2) is 38.0 Å². The van der Waals surface area contributed by atoms with Crippen molar-refractivity contribution >= 4 is 16.9 Å². The molecule has 1 fully saturated rings. The van der Waals surface area contributed by atoms with Gasteiger partial charge in [0.2, 0.25) is 5.89 Å². The van der Waals surface area contributed by atoms with E-state index in [0.29, 0.717) is 17.4 Å². The molecule has 0 saturated carbocycles. The van der Waals surface area contributed by atoms with E-state index in [9.17, 15) is 4.79 Å². The molecule has 0 atom stereocenters. The fourth-order valence-corrected chi connectivity index (χ4v) is 3.42. The molecule has 0 amide bonds. The van der Waals surface area contributed by atoms with Gasteiger partial charge in [0, 0.05) is 50.1 Å². The van der Waals surface area contributed by atoms with Crippen LogP contribution in [0.2, 0.25) is 0 Å². The van der Waals surface area contributed by atoms with Crippen LogP contribution in [0.1, 0.15) is 36.8 Å². The zero-order valence-electron chi connectivity index (χ0n) is 15.9. The average Bonchev–Trinajstić information content (AvgIpc) is 3.12. The molecule has 4 rings (SSSR count). The minimum atomic E-state index is -0.299. The summed E-state index contributed by atoms with van der Waals surface area (Å²) >= 11 is 0. The molecule has 1 saturated heterocycles. The van der Waals surface area contributed by atoms with E-state index in [4.69, 9.17) is 8.94 Å². The second kappa shape index (κ2) is 7.15. The molecule has 3 heterocycles. The molecular formula is C20H24N4O3. The number of piperazine rings is 1. The van der Waals surface area contributed by atoms with E-state index in [1.165, 1.54) is 6.07 Å². The van der Waals surface area contributed by atoms with E-state index in [1.54, 1.807) is 0 Å². The molecule has 142 valence electrons. The molecule has 0 unspecified atom stereocenters. The molecule has 7 nitrogen and oxygen atoms in total. The van der Waals surface area contributed by atoms with Crippen LogP contribution in [0, 0.1) is 6.92 Å². The molecule has 1 aromatic carbocycles. The van der Waals surface area contributed by atoms with Crippen LogP contribution in [0.3, 0.4) is 0 Å². The molecule has 0 bridgehead atoms. The molecule has 0 spiro atoms. The molecule has 7 heteroatoms. The van der Waals surface area contributed by atoms with Gasteiger partial charge in [0.1, 0.15) is 5.58 Å². The molecule has 0 N–H and O–H groups in total. The van der Waals surface area contributed by atoms with Gasteiger partial charge in [-0.3, -0.25) is 4.90 Å². The molecule has 1 aliphatic heterocycles. The summed E-state index contributed by atoms with van der Waals surface area (Å²) in [6.07, 6.45) is 0. The topological polar surface area (TPSA) is 75.6 Å². The first kappa shape index (κ1) is 17.7. The highest BCUT2D eigenvalue weighted by Gasteiger charge is 2.22. The Hall–Kier alpha value is -2.67. The van der Waals surface area contributed by atoms with Gasteiger partial charge in [-0.25, -0.2) is 4.79 Å². The highest BCUT2D eigenvalue weighted by molar-refractivity contribution is 5.80. The smallest absolute Gasteiger partial charge is 0.336 e. The van der Waals surface area contributed by atoms with Gasteiger partial charge in [0.15, 0.2) is 0 Å². The third-order valence-electron chi connectivity index (χ3n) is 5.00. The first-order valence-electron chi connectivity index (χ1n) is 9.34. The third kappa shape index (κ3) is 3.73. The maximum absolute atomic E-state index is 11.6. The number of rotatable bonds is 4. The SMILES string of the molecule is Cc1cc(=O)oc2cc(CN3CCN(c4noc(C(C)C)n4)CC3)ccc12. The van der Waals surface area contributed by atoms with Crippen molar-refractivity contribution in [3.8, 4) is 0 Å². The number of nitrogens with zero attached hydrogens (tertiary/aromatic N) is 4. The summed E-state index contributed by atoms with van der Waals surface area (Å²) < 4.78 is 10.7. The quantitative estimate of drug-likeness (QED) is 0.655. The van der Waals surface area contributed by atoms with Gasteiger partial charge in [-0.1, -0.05) is 26.0 Å². The average molecular weight is 368 g/mol. The molecule has 27 heavy (non-hydrogen) atoms. The Morgan fingerprint density at radius 2 is 1.93 bits per heavy atom. The summed E-state index contributed by atoms with van der Waals surface area (Å²) in [6.45, 7) is 10.4. The fourth-order valence-electron chi connectivity index (χ4n) is 3.42. The summed E-state index contributed by atoms with van der Waals surface area (Å²) in [5.41, 5.74) is 2.45. The van der Waals surface area contributed by atoms with Crippen molar-refractivity contribution in [3.05, 3.63) is 51.7 Å². The minimum absolute atomic E-state index is 0.240. The lowest BCUT2D eigenvalue weighted by molar-refractivity contribution is 0.248. The number of benzene rings is 1. The molecule has 1 aliphatic rings. The maximum Gasteiger partial charge on any atom is 0.336 e. The minimum Gasteiger partial charge on any atom is -0.423 e. The number of aromatic nitrogens is 2. The van der Waals surface area contributed by atoms with Gasteiger partial charge in [0.25, 0.3) is 5.95 Å². The molecular weight excluding hydrogens is 344 g/mol. The number of hydrogen-bond donors (Lipinski definition) is 0. The lowest BCUT2D eigenvalue weighted by atomic mass is 10.1. The fraction of sp³-hybridized carbons (Fsp3) is 0.450. The Morgan fingerprint density at radius 1 is 1.15 bits per heavy atom. The van der Waals surface area contributed by atoms with Crippen LogP contribution in [0.4, 0.5) is 5.95 Å². The van der Waals surface area contributed by atoms with Gasteiger partial charge in [-0.15, -0.1) is 0 Å². The Kier molecular flexibility index (Phi) is 4.70. The Morgan fingerprint density at radius 3 is 2.63 bits per heavy atom. The number of hydrogen-bond acceptors (Lipinski definition) is 7. The second-order valence-electron chi connectivity index (χ2n) is 7.43. The summed E-state index contributed by atoms with van der Waals surface area (Å²) in [5, 5.41) is 5.09. The Bertz CT molecular complexity index is 1000. The summed E-state index contributed by atoms with van der Waals surface area (Å²) in [5.74, 6) is 1.60. The maximum atomic E-state index is 11.6. The monoisotopic (exact) mass is 368 g/mol.